The Kier molecular flexibility index (Phi) is 5.63. The minimum Gasteiger partial charge on any atom is -0.330 e. The normalized spacial score (nSPS) is 16.5. The second-order valence-electron chi connectivity index (χ2n) is 7.80. The Morgan fingerprint density at radius 3 is 2.67 bits per heavy atom. The molecule has 1 N–H and O–H groups in total. The molecule has 156 valence electrons. The van der Waals surface area contributed by atoms with E-state index in [9.17, 15) is 13.6 Å². The molecular formula is C23H24F2N4O. The van der Waals surface area contributed by atoms with Crippen molar-refractivity contribution >= 4 is 11.6 Å². The Bertz CT molecular complexity index is 1050. The van der Waals surface area contributed by atoms with Crippen molar-refractivity contribution in [3.63, 3.8) is 0 Å². The molecule has 0 fully saturated rings. The number of carbonyl (C=O) groups excluding carboxylic acids is 1. The molecule has 0 bridgehead atoms. The van der Waals surface area contributed by atoms with Crippen molar-refractivity contribution < 1.29 is 13.6 Å². The van der Waals surface area contributed by atoms with Crippen LogP contribution in [0.2, 0.25) is 0 Å². The second kappa shape index (κ2) is 8.36. The lowest BCUT2D eigenvalue weighted by atomic mass is 9.99. The number of nitrogens with one attached hydrogen (secondary N) is 1. The van der Waals surface area contributed by atoms with Gasteiger partial charge in [-0.1, -0.05) is 30.3 Å². The SMILES string of the molecule is CC(C)n1cnc2c1C(C(=O)Nc1ccc(F)cc1F)N(Cc1ccccc1)CC2. The molecule has 0 saturated carbocycles. The number of amides is 1. The number of halogens is 2. The standard InChI is InChI=1S/C23H24F2N4O/c1-15(2)29-14-26-20-10-11-28(13-16-6-4-3-5-7-16)22(21(20)29)23(30)27-19-9-8-17(24)12-18(19)25/h3-9,12,14-15,22H,10-11,13H2,1-2H3,(H,27,30). The lowest BCUT2D eigenvalue weighted by Gasteiger charge is -2.36. The summed E-state index contributed by atoms with van der Waals surface area (Å²) in [5.74, 6) is -1.85. The highest BCUT2D eigenvalue weighted by atomic mass is 19.1. The molecule has 5 nitrogen and oxygen atoms in total. The molecule has 1 aliphatic heterocycles. The van der Waals surface area contributed by atoms with E-state index in [1.54, 1.807) is 6.33 Å². The van der Waals surface area contributed by atoms with E-state index < -0.39 is 17.7 Å². The molecule has 0 spiro atoms. The van der Waals surface area contributed by atoms with Gasteiger partial charge in [-0.2, -0.15) is 0 Å². The summed E-state index contributed by atoms with van der Waals surface area (Å²) in [6.45, 7) is 5.30. The molecular weight excluding hydrogens is 386 g/mol. The molecule has 1 aliphatic rings. The van der Waals surface area contributed by atoms with Crippen molar-refractivity contribution in [2.24, 2.45) is 0 Å². The Morgan fingerprint density at radius 1 is 1.20 bits per heavy atom. The number of fused-ring (bicyclic) bond motifs is 1. The zero-order chi connectivity index (χ0) is 21.3. The van der Waals surface area contributed by atoms with Crippen LogP contribution in [-0.2, 0) is 17.8 Å². The molecule has 1 atom stereocenters. The predicted octanol–water partition coefficient (Wildman–Crippen LogP) is 4.48. The highest BCUT2D eigenvalue weighted by Crippen LogP contribution is 2.33. The number of benzene rings is 2. The number of hydrogen-bond donors (Lipinski definition) is 1. The summed E-state index contributed by atoms with van der Waals surface area (Å²) in [7, 11) is 0. The maximum Gasteiger partial charge on any atom is 0.248 e. The van der Waals surface area contributed by atoms with Crippen LogP contribution in [0.1, 0.15) is 42.9 Å². The molecule has 2 heterocycles. The smallest absolute Gasteiger partial charge is 0.248 e. The largest absolute Gasteiger partial charge is 0.330 e. The summed E-state index contributed by atoms with van der Waals surface area (Å²) in [5, 5.41) is 2.66. The monoisotopic (exact) mass is 410 g/mol. The van der Waals surface area contributed by atoms with Gasteiger partial charge in [0.25, 0.3) is 0 Å². The molecule has 0 saturated heterocycles. The molecule has 2 aromatic carbocycles. The van der Waals surface area contributed by atoms with Crippen molar-refractivity contribution in [2.75, 3.05) is 11.9 Å². The summed E-state index contributed by atoms with van der Waals surface area (Å²) in [4.78, 5) is 20.0. The van der Waals surface area contributed by atoms with Crippen LogP contribution in [0.3, 0.4) is 0 Å². The molecule has 0 radical (unpaired) electrons. The Labute approximate surface area is 174 Å². The summed E-state index contributed by atoms with van der Waals surface area (Å²) in [6.07, 6.45) is 2.50. The van der Waals surface area contributed by atoms with Gasteiger partial charge in [-0.3, -0.25) is 9.69 Å². The van der Waals surface area contributed by atoms with Gasteiger partial charge in [0.2, 0.25) is 5.91 Å². The van der Waals surface area contributed by atoms with Crippen LogP contribution < -0.4 is 5.32 Å². The zero-order valence-corrected chi connectivity index (χ0v) is 17.0. The first kappa shape index (κ1) is 20.2. The Hall–Kier alpha value is -3.06. The first-order valence-corrected chi connectivity index (χ1v) is 10.0. The van der Waals surface area contributed by atoms with Crippen LogP contribution >= 0.6 is 0 Å². The quantitative estimate of drug-likeness (QED) is 0.675. The van der Waals surface area contributed by atoms with Gasteiger partial charge >= 0.3 is 0 Å². The number of anilines is 1. The summed E-state index contributed by atoms with van der Waals surface area (Å²) in [6, 6.07) is 12.5. The van der Waals surface area contributed by atoms with Crippen molar-refractivity contribution in [2.45, 2.75) is 38.9 Å². The average Bonchev–Trinajstić information content (AvgIpc) is 3.15. The maximum absolute atomic E-state index is 14.2. The third-order valence-corrected chi connectivity index (χ3v) is 5.39. The summed E-state index contributed by atoms with van der Waals surface area (Å²) < 4.78 is 29.4. The van der Waals surface area contributed by atoms with E-state index in [-0.39, 0.29) is 17.6 Å². The number of rotatable bonds is 5. The van der Waals surface area contributed by atoms with E-state index in [1.807, 2.05) is 48.7 Å². The zero-order valence-electron chi connectivity index (χ0n) is 17.0. The van der Waals surface area contributed by atoms with Gasteiger partial charge in [0, 0.05) is 31.6 Å². The van der Waals surface area contributed by atoms with E-state index in [1.165, 1.54) is 6.07 Å². The lowest BCUT2D eigenvalue weighted by molar-refractivity contribution is -0.122. The molecule has 1 amide bonds. The molecule has 30 heavy (non-hydrogen) atoms. The van der Waals surface area contributed by atoms with Gasteiger partial charge < -0.3 is 9.88 Å². The van der Waals surface area contributed by atoms with E-state index >= 15 is 0 Å². The molecule has 1 unspecified atom stereocenters. The van der Waals surface area contributed by atoms with Gasteiger partial charge in [-0.15, -0.1) is 0 Å². The Morgan fingerprint density at radius 2 is 1.97 bits per heavy atom. The van der Waals surface area contributed by atoms with Gasteiger partial charge in [0.05, 0.1) is 23.4 Å². The van der Waals surface area contributed by atoms with Crippen molar-refractivity contribution in [3.05, 3.63) is 83.4 Å². The highest BCUT2D eigenvalue weighted by Gasteiger charge is 2.37. The van der Waals surface area contributed by atoms with Gasteiger partial charge in [-0.05, 0) is 31.5 Å². The van der Waals surface area contributed by atoms with Crippen LogP contribution in [0.15, 0.2) is 54.9 Å². The molecule has 1 aromatic heterocycles. The molecule has 7 heteroatoms. The second-order valence-corrected chi connectivity index (χ2v) is 7.80. The van der Waals surface area contributed by atoms with Crippen LogP contribution in [-0.4, -0.2) is 26.9 Å². The molecule has 3 aromatic rings. The number of hydrogen-bond acceptors (Lipinski definition) is 3. The van der Waals surface area contributed by atoms with Crippen molar-refractivity contribution in [1.82, 2.24) is 14.5 Å². The topological polar surface area (TPSA) is 50.2 Å². The number of imidazole rings is 1. The predicted molar refractivity (Wildman–Crippen MR) is 111 cm³/mol. The first-order valence-electron chi connectivity index (χ1n) is 10.0. The number of carbonyl (C=O) groups is 1. The first-order chi connectivity index (χ1) is 14.4. The van der Waals surface area contributed by atoms with Gasteiger partial charge in [-0.25, -0.2) is 13.8 Å². The summed E-state index contributed by atoms with van der Waals surface area (Å²) >= 11 is 0. The minimum atomic E-state index is -0.800. The third kappa shape index (κ3) is 3.98. The molecule has 0 aliphatic carbocycles. The van der Waals surface area contributed by atoms with Crippen LogP contribution in [0.25, 0.3) is 0 Å². The van der Waals surface area contributed by atoms with Gasteiger partial charge in [0.15, 0.2) is 0 Å². The third-order valence-electron chi connectivity index (χ3n) is 5.39. The van der Waals surface area contributed by atoms with E-state index in [0.29, 0.717) is 13.1 Å². The van der Waals surface area contributed by atoms with Crippen LogP contribution in [0.4, 0.5) is 14.5 Å². The fourth-order valence-electron chi connectivity index (χ4n) is 3.93. The van der Waals surface area contributed by atoms with Crippen LogP contribution in [0.5, 0.6) is 0 Å². The van der Waals surface area contributed by atoms with E-state index in [4.69, 9.17) is 0 Å². The fraction of sp³-hybridized carbons (Fsp3) is 0.304. The highest BCUT2D eigenvalue weighted by molar-refractivity contribution is 5.95. The number of nitrogens with zero attached hydrogens (tertiary/aromatic N) is 3. The van der Waals surface area contributed by atoms with E-state index in [2.05, 4.69) is 15.2 Å². The average molecular weight is 410 g/mol. The summed E-state index contributed by atoms with van der Waals surface area (Å²) in [5.41, 5.74) is 2.76. The van der Waals surface area contributed by atoms with Crippen molar-refractivity contribution in [1.29, 1.82) is 0 Å². The lowest BCUT2D eigenvalue weighted by Crippen LogP contribution is -2.43. The van der Waals surface area contributed by atoms with Gasteiger partial charge in [0.1, 0.15) is 17.7 Å². The molecule has 4 rings (SSSR count). The number of aromatic nitrogens is 2. The van der Waals surface area contributed by atoms with Crippen LogP contribution in [0, 0.1) is 11.6 Å². The fourth-order valence-corrected chi connectivity index (χ4v) is 3.93. The minimum absolute atomic E-state index is 0.0382. The maximum atomic E-state index is 14.2. The van der Waals surface area contributed by atoms with E-state index in [0.717, 1.165) is 35.5 Å². The Balaban J connectivity index is 1.70. The van der Waals surface area contributed by atoms with Crippen molar-refractivity contribution in [3.8, 4) is 0 Å².